The van der Waals surface area contributed by atoms with Crippen LogP contribution in [-0.4, -0.2) is 39.9 Å². The van der Waals surface area contributed by atoms with Crippen LogP contribution in [0.25, 0.3) is 0 Å². The zero-order valence-electron chi connectivity index (χ0n) is 10.2. The fourth-order valence-electron chi connectivity index (χ4n) is 1.50. The van der Waals surface area contributed by atoms with Gasteiger partial charge in [-0.15, -0.1) is 11.8 Å². The Morgan fingerprint density at radius 1 is 1.37 bits per heavy atom. The minimum absolute atomic E-state index is 0.419. The summed E-state index contributed by atoms with van der Waals surface area (Å²) in [5.74, 6) is -0.651. The molecule has 0 aliphatic carbocycles. The van der Waals surface area contributed by atoms with Crippen molar-refractivity contribution < 1.29 is 15.0 Å². The van der Waals surface area contributed by atoms with E-state index in [1.807, 2.05) is 18.4 Å². The molecule has 2 atom stereocenters. The molecule has 7 heteroatoms. The summed E-state index contributed by atoms with van der Waals surface area (Å²) in [5, 5.41) is 21.7. The van der Waals surface area contributed by atoms with Crippen molar-refractivity contribution in [1.29, 1.82) is 0 Å². The highest BCUT2D eigenvalue weighted by atomic mass is 35.5. The molecule has 0 saturated heterocycles. The van der Waals surface area contributed by atoms with Crippen LogP contribution in [0.2, 0.25) is 0 Å². The summed E-state index contributed by atoms with van der Waals surface area (Å²) >= 11 is 12.4. The average molecular weight is 324 g/mol. The van der Waals surface area contributed by atoms with Crippen LogP contribution in [0, 0.1) is 0 Å². The molecule has 0 aliphatic heterocycles. The number of carbonyl (C=O) groups is 1. The van der Waals surface area contributed by atoms with E-state index in [4.69, 9.17) is 23.2 Å². The molecule has 0 bridgehead atoms. The fraction of sp³-hybridized carbons (Fsp3) is 0.417. The normalized spacial score (nSPS) is 14.2. The molecule has 0 spiro atoms. The SMILES string of the molecule is CSc1ccc(C(O)C(CO)NC(=O)C(Cl)Cl)cc1. The first-order chi connectivity index (χ1) is 8.99. The van der Waals surface area contributed by atoms with E-state index >= 15 is 0 Å². The minimum Gasteiger partial charge on any atom is -0.394 e. The van der Waals surface area contributed by atoms with Gasteiger partial charge in [0.15, 0.2) is 4.84 Å². The molecule has 4 nitrogen and oxygen atoms in total. The van der Waals surface area contributed by atoms with Crippen molar-refractivity contribution in [3.05, 3.63) is 29.8 Å². The molecule has 1 rings (SSSR count). The summed E-state index contributed by atoms with van der Waals surface area (Å²) in [7, 11) is 0. The minimum atomic E-state index is -1.24. The molecule has 1 aromatic rings. The predicted octanol–water partition coefficient (Wildman–Crippen LogP) is 1.72. The molecule has 1 aromatic carbocycles. The summed E-state index contributed by atoms with van der Waals surface area (Å²) in [6.45, 7) is -0.419. The first-order valence-corrected chi connectivity index (χ1v) is 7.60. The van der Waals surface area contributed by atoms with Gasteiger partial charge in [0, 0.05) is 4.90 Å². The van der Waals surface area contributed by atoms with Gasteiger partial charge in [-0.3, -0.25) is 4.79 Å². The first kappa shape index (κ1) is 16.6. The molecule has 3 N–H and O–H groups in total. The van der Waals surface area contributed by atoms with Crippen LogP contribution in [0.1, 0.15) is 11.7 Å². The van der Waals surface area contributed by atoms with Crippen LogP contribution in [0.3, 0.4) is 0 Å². The molecule has 0 radical (unpaired) electrons. The highest BCUT2D eigenvalue weighted by molar-refractivity contribution is 7.98. The highest BCUT2D eigenvalue weighted by Crippen LogP contribution is 2.21. The molecule has 0 heterocycles. The van der Waals surface area contributed by atoms with Gasteiger partial charge in [0.05, 0.1) is 12.6 Å². The van der Waals surface area contributed by atoms with E-state index in [1.165, 1.54) is 0 Å². The molecule has 0 aromatic heterocycles. The molecule has 0 fully saturated rings. The van der Waals surface area contributed by atoms with Gasteiger partial charge in [0.1, 0.15) is 6.10 Å². The number of amides is 1. The maximum Gasteiger partial charge on any atom is 0.253 e. The standard InChI is InChI=1S/C12H15Cl2NO3S/c1-19-8-4-2-7(3-5-8)10(17)9(6-16)15-12(18)11(13)14/h2-5,9-11,16-17H,6H2,1H3,(H,15,18). The van der Waals surface area contributed by atoms with Crippen LogP contribution in [0.15, 0.2) is 29.2 Å². The van der Waals surface area contributed by atoms with Crippen molar-refractivity contribution >= 4 is 40.9 Å². The van der Waals surface area contributed by atoms with Gasteiger partial charge in [-0.05, 0) is 24.0 Å². The molecular weight excluding hydrogens is 309 g/mol. The third-order valence-electron chi connectivity index (χ3n) is 2.56. The van der Waals surface area contributed by atoms with Gasteiger partial charge in [0.2, 0.25) is 0 Å². The molecular formula is C12H15Cl2NO3S. The Morgan fingerprint density at radius 3 is 2.37 bits per heavy atom. The van der Waals surface area contributed by atoms with E-state index in [-0.39, 0.29) is 0 Å². The van der Waals surface area contributed by atoms with Gasteiger partial charge in [-0.25, -0.2) is 0 Å². The van der Waals surface area contributed by atoms with Crippen LogP contribution < -0.4 is 5.32 Å². The quantitative estimate of drug-likeness (QED) is 0.550. The van der Waals surface area contributed by atoms with Crippen LogP contribution in [0.4, 0.5) is 0 Å². The summed E-state index contributed by atoms with van der Waals surface area (Å²) in [4.78, 5) is 11.2. The van der Waals surface area contributed by atoms with Gasteiger partial charge < -0.3 is 15.5 Å². The average Bonchev–Trinajstić information content (AvgIpc) is 2.43. The van der Waals surface area contributed by atoms with Gasteiger partial charge in [-0.2, -0.15) is 0 Å². The van der Waals surface area contributed by atoms with E-state index in [0.717, 1.165) is 4.90 Å². The van der Waals surface area contributed by atoms with Crippen LogP contribution in [-0.2, 0) is 4.79 Å². The second-order valence-corrected chi connectivity index (χ2v) is 5.79. The number of carbonyl (C=O) groups excluding carboxylic acids is 1. The summed E-state index contributed by atoms with van der Waals surface area (Å²) in [5.41, 5.74) is 0.595. The fourth-order valence-corrected chi connectivity index (χ4v) is 2.04. The lowest BCUT2D eigenvalue weighted by molar-refractivity contribution is -0.121. The van der Waals surface area contributed by atoms with Gasteiger partial charge >= 0.3 is 0 Å². The lowest BCUT2D eigenvalue weighted by atomic mass is 10.0. The Balaban J connectivity index is 2.76. The van der Waals surface area contributed by atoms with Crippen LogP contribution >= 0.6 is 35.0 Å². The molecule has 0 aliphatic rings. The second-order valence-electron chi connectivity index (χ2n) is 3.82. The molecule has 2 unspecified atom stereocenters. The van der Waals surface area contributed by atoms with E-state index in [0.29, 0.717) is 5.56 Å². The highest BCUT2D eigenvalue weighted by Gasteiger charge is 2.24. The molecule has 19 heavy (non-hydrogen) atoms. The maximum atomic E-state index is 11.3. The number of thioether (sulfide) groups is 1. The number of hydrogen-bond donors (Lipinski definition) is 3. The molecule has 0 saturated carbocycles. The van der Waals surface area contributed by atoms with E-state index < -0.39 is 29.5 Å². The Morgan fingerprint density at radius 2 is 1.95 bits per heavy atom. The number of aliphatic hydroxyl groups excluding tert-OH is 2. The van der Waals surface area contributed by atoms with E-state index in [2.05, 4.69) is 5.32 Å². The Kier molecular flexibility index (Phi) is 6.96. The smallest absolute Gasteiger partial charge is 0.253 e. The van der Waals surface area contributed by atoms with Gasteiger partial charge in [-0.1, -0.05) is 35.3 Å². The maximum absolute atomic E-state index is 11.3. The number of alkyl halides is 2. The predicted molar refractivity (Wildman–Crippen MR) is 77.7 cm³/mol. The number of nitrogens with one attached hydrogen (secondary N) is 1. The Bertz CT molecular complexity index is 414. The summed E-state index contributed by atoms with van der Waals surface area (Å²) in [6, 6.07) is 6.33. The van der Waals surface area contributed by atoms with Crippen molar-refractivity contribution in [3.8, 4) is 0 Å². The third-order valence-corrected chi connectivity index (χ3v) is 3.70. The number of halogens is 2. The lowest BCUT2D eigenvalue weighted by Crippen LogP contribution is -2.44. The number of benzene rings is 1. The van der Waals surface area contributed by atoms with E-state index in [9.17, 15) is 15.0 Å². The van der Waals surface area contributed by atoms with Crippen molar-refractivity contribution in [3.63, 3.8) is 0 Å². The topological polar surface area (TPSA) is 69.6 Å². The largest absolute Gasteiger partial charge is 0.394 e. The summed E-state index contributed by atoms with van der Waals surface area (Å²) in [6.07, 6.45) is 0.917. The van der Waals surface area contributed by atoms with Crippen molar-refractivity contribution in [2.45, 2.75) is 21.9 Å². The number of rotatable bonds is 6. The van der Waals surface area contributed by atoms with Gasteiger partial charge in [0.25, 0.3) is 5.91 Å². The number of hydrogen-bond acceptors (Lipinski definition) is 4. The van der Waals surface area contributed by atoms with Crippen molar-refractivity contribution in [2.24, 2.45) is 0 Å². The zero-order valence-corrected chi connectivity index (χ0v) is 12.5. The second kappa shape index (κ2) is 7.97. The van der Waals surface area contributed by atoms with Crippen molar-refractivity contribution in [1.82, 2.24) is 5.32 Å². The first-order valence-electron chi connectivity index (χ1n) is 5.51. The third kappa shape index (κ3) is 4.85. The lowest BCUT2D eigenvalue weighted by Gasteiger charge is -2.23. The Hall–Kier alpha value is -0.460. The zero-order chi connectivity index (χ0) is 14.4. The molecule has 1 amide bonds. The van der Waals surface area contributed by atoms with Crippen LogP contribution in [0.5, 0.6) is 0 Å². The van der Waals surface area contributed by atoms with E-state index in [1.54, 1.807) is 23.9 Å². The van der Waals surface area contributed by atoms with Crippen molar-refractivity contribution in [2.75, 3.05) is 12.9 Å². The summed E-state index contributed by atoms with van der Waals surface area (Å²) < 4.78 is 0. The molecule has 106 valence electrons. The number of aliphatic hydroxyl groups is 2. The Labute approximate surface area is 126 Å². The monoisotopic (exact) mass is 323 g/mol.